The van der Waals surface area contributed by atoms with Gasteiger partial charge in [-0.25, -0.2) is 4.99 Å². The molecule has 2 aliphatic rings. The summed E-state index contributed by atoms with van der Waals surface area (Å²) in [4.78, 5) is 4.41. The number of rotatable bonds is 4. The third-order valence-electron chi connectivity index (χ3n) is 5.85. The number of aliphatic imine (C=N–C) groups is 1. The summed E-state index contributed by atoms with van der Waals surface area (Å²) in [5.41, 5.74) is 3.66. The molecule has 0 radical (unpaired) electrons. The molecule has 0 saturated heterocycles. The molecule has 0 bridgehead atoms. The van der Waals surface area contributed by atoms with Crippen LogP contribution in [0.1, 0.15) is 42.4 Å². The van der Waals surface area contributed by atoms with Gasteiger partial charge in [-0.1, -0.05) is 18.9 Å². The molecule has 1 saturated carbocycles. The molecule has 1 aliphatic carbocycles. The Bertz CT molecular complexity index is 1050. The Morgan fingerprint density at radius 3 is 2.23 bits per heavy atom. The first-order valence-electron chi connectivity index (χ1n) is 11.0. The van der Waals surface area contributed by atoms with E-state index < -0.39 is 29.2 Å². The Kier molecular flexibility index (Phi) is 7.02. The second kappa shape index (κ2) is 9.84. The zero-order chi connectivity index (χ0) is 25.2. The van der Waals surface area contributed by atoms with Gasteiger partial charge in [-0.15, -0.1) is 0 Å². The molecule has 2 aromatic rings. The van der Waals surface area contributed by atoms with Crippen LogP contribution in [0.15, 0.2) is 41.4 Å². The Hall–Kier alpha value is -3.15. The predicted molar refractivity (Wildman–Crippen MR) is 117 cm³/mol. The van der Waals surface area contributed by atoms with Crippen LogP contribution in [0, 0.1) is 0 Å². The largest absolute Gasteiger partial charge is 0.454 e. The average molecular weight is 502 g/mol. The number of hydrogen-bond acceptors (Lipinski definition) is 4. The molecule has 1 aliphatic heterocycles. The molecule has 1 fully saturated rings. The minimum atomic E-state index is -4.96. The number of halogens is 6. The summed E-state index contributed by atoms with van der Waals surface area (Å²) in [6.45, 7) is 0.173. The first-order valence-corrected chi connectivity index (χ1v) is 11.0. The van der Waals surface area contributed by atoms with Crippen LogP contribution >= 0.6 is 0 Å². The molecule has 4 rings (SSSR count). The summed E-state index contributed by atoms with van der Waals surface area (Å²) in [6, 6.07) is 6.01. The molecule has 4 N–H and O–H groups in total. The molecule has 6 nitrogen and oxygen atoms in total. The van der Waals surface area contributed by atoms with Gasteiger partial charge in [0.05, 0.1) is 17.7 Å². The van der Waals surface area contributed by atoms with E-state index in [1.807, 2.05) is 0 Å². The van der Waals surface area contributed by atoms with E-state index >= 15 is 0 Å². The summed E-state index contributed by atoms with van der Waals surface area (Å²) < 4.78 is 90.4. The van der Waals surface area contributed by atoms with E-state index in [4.69, 9.17) is 15.2 Å². The Labute approximate surface area is 197 Å². The number of ether oxygens (including phenoxy) is 2. The van der Waals surface area contributed by atoms with Crippen molar-refractivity contribution in [3.05, 3.63) is 53.1 Å². The second-order valence-corrected chi connectivity index (χ2v) is 8.47. The molecule has 190 valence electrons. The average Bonchev–Trinajstić information content (AvgIpc) is 3.25. The zero-order valence-electron chi connectivity index (χ0n) is 18.5. The van der Waals surface area contributed by atoms with Crippen LogP contribution in [0.5, 0.6) is 11.5 Å². The number of nitrogens with zero attached hydrogens (tertiary/aromatic N) is 1. The molecule has 0 spiro atoms. The fraction of sp³-hybridized carbons (Fsp3) is 0.435. The van der Waals surface area contributed by atoms with Gasteiger partial charge in [0, 0.05) is 17.8 Å². The lowest BCUT2D eigenvalue weighted by Gasteiger charge is -2.30. The molecule has 2 atom stereocenters. The fourth-order valence-electron chi connectivity index (χ4n) is 4.01. The minimum absolute atomic E-state index is 0.0254. The third-order valence-corrected chi connectivity index (χ3v) is 5.85. The fourth-order valence-corrected chi connectivity index (χ4v) is 4.01. The van der Waals surface area contributed by atoms with Crippen LogP contribution in [0.4, 0.5) is 32.0 Å². The Balaban J connectivity index is 1.63. The highest BCUT2D eigenvalue weighted by atomic mass is 19.4. The topological polar surface area (TPSA) is 80.9 Å². The first kappa shape index (κ1) is 25.0. The highest BCUT2D eigenvalue weighted by Crippen LogP contribution is 2.37. The minimum Gasteiger partial charge on any atom is -0.454 e. The van der Waals surface area contributed by atoms with E-state index in [2.05, 4.69) is 15.6 Å². The lowest BCUT2D eigenvalue weighted by molar-refractivity contribution is -0.143. The van der Waals surface area contributed by atoms with E-state index in [1.54, 1.807) is 18.2 Å². The van der Waals surface area contributed by atoms with Crippen molar-refractivity contribution in [2.45, 2.75) is 56.7 Å². The highest BCUT2D eigenvalue weighted by molar-refractivity contribution is 5.94. The summed E-state index contributed by atoms with van der Waals surface area (Å²) in [7, 11) is 0. The zero-order valence-corrected chi connectivity index (χ0v) is 18.5. The van der Waals surface area contributed by atoms with Crippen LogP contribution in [-0.4, -0.2) is 24.8 Å². The Morgan fingerprint density at radius 1 is 0.914 bits per heavy atom. The van der Waals surface area contributed by atoms with Crippen molar-refractivity contribution in [3.63, 3.8) is 0 Å². The van der Waals surface area contributed by atoms with Crippen LogP contribution in [0.25, 0.3) is 0 Å². The van der Waals surface area contributed by atoms with E-state index in [0.29, 0.717) is 35.6 Å². The van der Waals surface area contributed by atoms with Gasteiger partial charge in [-0.3, -0.25) is 0 Å². The number of fused-ring (bicyclic) bond motifs is 1. The number of alkyl halides is 6. The van der Waals surface area contributed by atoms with Gasteiger partial charge in [0.1, 0.15) is 0 Å². The van der Waals surface area contributed by atoms with Gasteiger partial charge in [0.25, 0.3) is 0 Å². The van der Waals surface area contributed by atoms with Crippen molar-refractivity contribution in [1.29, 1.82) is 0 Å². The highest BCUT2D eigenvalue weighted by Gasteiger charge is 2.37. The first-order chi connectivity index (χ1) is 16.5. The molecular formula is C23H24F6N4O2. The summed E-state index contributed by atoms with van der Waals surface area (Å²) >= 11 is 0. The molecule has 2 aromatic carbocycles. The number of anilines is 1. The summed E-state index contributed by atoms with van der Waals surface area (Å²) in [6.07, 6.45) is -6.64. The maximum atomic E-state index is 13.3. The molecule has 0 unspecified atom stereocenters. The Morgan fingerprint density at radius 2 is 1.57 bits per heavy atom. The van der Waals surface area contributed by atoms with Crippen molar-refractivity contribution in [2.24, 2.45) is 10.7 Å². The van der Waals surface area contributed by atoms with Crippen molar-refractivity contribution < 1.29 is 35.8 Å². The van der Waals surface area contributed by atoms with Crippen LogP contribution in [-0.2, 0) is 18.9 Å². The third kappa shape index (κ3) is 6.30. The number of nitrogens with two attached hydrogens (primary N) is 1. The van der Waals surface area contributed by atoms with Crippen molar-refractivity contribution in [2.75, 3.05) is 12.1 Å². The number of benzene rings is 2. The quantitative estimate of drug-likeness (QED) is 0.301. The van der Waals surface area contributed by atoms with E-state index in [0.717, 1.165) is 19.3 Å². The summed E-state index contributed by atoms with van der Waals surface area (Å²) in [5.74, 6) is 1.13. The van der Waals surface area contributed by atoms with Crippen LogP contribution in [0.3, 0.4) is 0 Å². The number of hydrogen-bond donors (Lipinski definition) is 3. The van der Waals surface area contributed by atoms with Gasteiger partial charge in [0.2, 0.25) is 6.79 Å². The molecular weight excluding hydrogens is 478 g/mol. The monoisotopic (exact) mass is 502 g/mol. The maximum absolute atomic E-state index is 13.3. The van der Waals surface area contributed by atoms with Crippen molar-refractivity contribution in [1.82, 2.24) is 5.32 Å². The van der Waals surface area contributed by atoms with Gasteiger partial charge >= 0.3 is 12.4 Å². The lowest BCUT2D eigenvalue weighted by Crippen LogP contribution is -2.51. The smallest absolute Gasteiger partial charge is 0.416 e. The van der Waals surface area contributed by atoms with Gasteiger partial charge in [-0.05, 0) is 48.7 Å². The predicted octanol–water partition coefficient (Wildman–Crippen LogP) is 5.28. The van der Waals surface area contributed by atoms with Gasteiger partial charge in [-0.2, -0.15) is 26.3 Å². The van der Waals surface area contributed by atoms with E-state index in [9.17, 15) is 26.3 Å². The maximum Gasteiger partial charge on any atom is 0.416 e. The normalized spacial score (nSPS) is 20.6. The van der Waals surface area contributed by atoms with Crippen LogP contribution < -0.4 is 25.8 Å². The SMILES string of the molecule is N[C@H]1CCCC[C@@H]1NC(=NCc1ccc2c(c1)OCO2)Nc1cc(C(F)(F)F)cc(C(F)(F)F)c1. The standard InChI is InChI=1S/C23H24F6N4O2/c24-22(25,26)14-8-15(23(27,28)29)10-16(9-14)32-21(33-18-4-2-1-3-17(18)30)31-11-13-5-6-19-20(7-13)35-12-34-19/h5-10,17-18H,1-4,11-12,30H2,(H2,31,32,33)/t17-,18-/m0/s1. The molecule has 0 amide bonds. The number of guanidine groups is 1. The molecule has 0 aromatic heterocycles. The second-order valence-electron chi connectivity index (χ2n) is 8.47. The van der Waals surface area contributed by atoms with Crippen molar-refractivity contribution in [3.8, 4) is 11.5 Å². The van der Waals surface area contributed by atoms with E-state index in [1.165, 1.54) is 0 Å². The van der Waals surface area contributed by atoms with Gasteiger partial charge in [0.15, 0.2) is 17.5 Å². The van der Waals surface area contributed by atoms with Gasteiger partial charge < -0.3 is 25.8 Å². The lowest BCUT2D eigenvalue weighted by atomic mass is 9.91. The van der Waals surface area contributed by atoms with Crippen LogP contribution in [0.2, 0.25) is 0 Å². The number of nitrogens with one attached hydrogen (secondary N) is 2. The summed E-state index contributed by atoms with van der Waals surface area (Å²) in [5, 5.41) is 5.71. The van der Waals surface area contributed by atoms with E-state index in [-0.39, 0.29) is 37.4 Å². The molecule has 35 heavy (non-hydrogen) atoms. The molecule has 12 heteroatoms. The van der Waals surface area contributed by atoms with Crippen molar-refractivity contribution >= 4 is 11.6 Å². The molecule has 1 heterocycles.